The summed E-state index contributed by atoms with van der Waals surface area (Å²) in [6.07, 6.45) is 1.03. The fourth-order valence-electron chi connectivity index (χ4n) is 4.41. The predicted molar refractivity (Wildman–Crippen MR) is 166 cm³/mol. The van der Waals surface area contributed by atoms with Crippen LogP contribution in [0.4, 0.5) is 5.69 Å². The summed E-state index contributed by atoms with van der Waals surface area (Å²) in [4.78, 5) is 28.8. The van der Waals surface area contributed by atoms with Crippen molar-refractivity contribution in [1.82, 2.24) is 10.2 Å². The quantitative estimate of drug-likeness (QED) is 0.233. The first-order valence-corrected chi connectivity index (χ1v) is 15.9. The molecule has 10 heteroatoms. The number of carbonyl (C=O) groups excluding carboxylic acids is 2. The van der Waals surface area contributed by atoms with Crippen LogP contribution >= 0.6 is 23.2 Å². The Bertz CT molecular complexity index is 1410. The van der Waals surface area contributed by atoms with E-state index in [2.05, 4.69) is 5.32 Å². The van der Waals surface area contributed by atoms with E-state index in [1.54, 1.807) is 55.5 Å². The topological polar surface area (TPSA) is 86.8 Å². The second-order valence-electron chi connectivity index (χ2n) is 10.0. The molecule has 1 atom stereocenters. The van der Waals surface area contributed by atoms with Crippen molar-refractivity contribution in [3.8, 4) is 0 Å². The van der Waals surface area contributed by atoms with Gasteiger partial charge in [-0.15, -0.1) is 0 Å². The summed E-state index contributed by atoms with van der Waals surface area (Å²) in [5.74, 6) is -0.649. The molecule has 41 heavy (non-hydrogen) atoms. The van der Waals surface area contributed by atoms with Gasteiger partial charge in [0.2, 0.25) is 11.8 Å². The van der Waals surface area contributed by atoms with Crippen LogP contribution in [0.15, 0.2) is 77.7 Å². The minimum absolute atomic E-state index is 0.0502. The van der Waals surface area contributed by atoms with E-state index in [0.717, 1.165) is 16.3 Å². The fraction of sp³-hybridized carbons (Fsp3) is 0.355. The second-order valence-corrected chi connectivity index (χ2v) is 12.7. The van der Waals surface area contributed by atoms with Crippen LogP contribution in [0.5, 0.6) is 0 Å². The van der Waals surface area contributed by atoms with Crippen molar-refractivity contribution in [2.75, 3.05) is 17.4 Å². The molecule has 0 heterocycles. The van der Waals surface area contributed by atoms with Crippen molar-refractivity contribution in [3.05, 3.63) is 94.0 Å². The minimum atomic E-state index is -4.14. The summed E-state index contributed by atoms with van der Waals surface area (Å²) in [5, 5.41) is 3.55. The molecule has 0 spiro atoms. The maximum Gasteiger partial charge on any atom is 0.264 e. The highest BCUT2D eigenvalue weighted by Gasteiger charge is 2.34. The Hall–Kier alpha value is -3.07. The number of carbonyl (C=O) groups is 2. The van der Waals surface area contributed by atoms with E-state index in [4.69, 9.17) is 23.2 Å². The van der Waals surface area contributed by atoms with Gasteiger partial charge in [-0.25, -0.2) is 8.42 Å². The molecule has 0 saturated carbocycles. The number of nitrogens with zero attached hydrogens (tertiary/aromatic N) is 2. The molecule has 0 aliphatic heterocycles. The third kappa shape index (κ3) is 8.03. The van der Waals surface area contributed by atoms with E-state index in [0.29, 0.717) is 34.3 Å². The molecule has 1 unspecified atom stereocenters. The van der Waals surface area contributed by atoms with Crippen LogP contribution in [-0.4, -0.2) is 44.3 Å². The van der Waals surface area contributed by atoms with Crippen LogP contribution in [-0.2, 0) is 26.2 Å². The lowest BCUT2D eigenvalue weighted by atomic mass is 10.0. The van der Waals surface area contributed by atoms with Crippen LogP contribution in [0.2, 0.25) is 10.0 Å². The number of hydrogen-bond acceptors (Lipinski definition) is 4. The molecule has 0 fully saturated rings. The SMILES string of the molecule is CCCNC(=O)C(CC)N(Cc1c(Cl)cccc1Cl)C(=O)CN(c1ccc(C(C)C)cc1)S(=O)(=O)c1ccccc1. The first-order chi connectivity index (χ1) is 19.5. The standard InChI is InChI=1S/C31H37Cl2N3O4S/c1-5-19-34-31(38)29(6-2)35(20-26-27(32)13-10-14-28(26)33)30(37)21-36(24-17-15-23(16-18-24)22(3)4)41(39,40)25-11-8-7-9-12-25/h7-18,22,29H,5-6,19-21H2,1-4H3,(H,34,38). The highest BCUT2D eigenvalue weighted by molar-refractivity contribution is 7.92. The van der Waals surface area contributed by atoms with Gasteiger partial charge in [-0.3, -0.25) is 13.9 Å². The maximum absolute atomic E-state index is 14.1. The van der Waals surface area contributed by atoms with Crippen molar-refractivity contribution in [3.63, 3.8) is 0 Å². The molecule has 3 rings (SSSR count). The summed E-state index contributed by atoms with van der Waals surface area (Å²) in [6, 6.07) is 19.2. The Morgan fingerprint density at radius 1 is 0.878 bits per heavy atom. The van der Waals surface area contributed by atoms with Gasteiger partial charge in [0.05, 0.1) is 10.6 Å². The van der Waals surface area contributed by atoms with E-state index in [-0.39, 0.29) is 23.3 Å². The van der Waals surface area contributed by atoms with Gasteiger partial charge in [-0.2, -0.15) is 0 Å². The van der Waals surface area contributed by atoms with Crippen molar-refractivity contribution in [2.24, 2.45) is 0 Å². The average molecular weight is 619 g/mol. The molecule has 0 aromatic heterocycles. The highest BCUT2D eigenvalue weighted by Crippen LogP contribution is 2.29. The summed E-state index contributed by atoms with van der Waals surface area (Å²) >= 11 is 12.9. The zero-order chi connectivity index (χ0) is 30.2. The largest absolute Gasteiger partial charge is 0.354 e. The molecule has 220 valence electrons. The first-order valence-electron chi connectivity index (χ1n) is 13.7. The second kappa shape index (κ2) is 14.7. The highest BCUT2D eigenvalue weighted by atomic mass is 35.5. The number of sulfonamides is 1. The number of hydrogen-bond donors (Lipinski definition) is 1. The zero-order valence-electron chi connectivity index (χ0n) is 23.8. The van der Waals surface area contributed by atoms with Gasteiger partial charge in [-0.1, -0.05) is 87.3 Å². The number of benzene rings is 3. The molecule has 2 amide bonds. The molecule has 3 aromatic carbocycles. The van der Waals surface area contributed by atoms with Gasteiger partial charge in [0, 0.05) is 28.7 Å². The Morgan fingerprint density at radius 3 is 2.02 bits per heavy atom. The van der Waals surface area contributed by atoms with E-state index in [9.17, 15) is 18.0 Å². The van der Waals surface area contributed by atoms with Crippen molar-refractivity contribution < 1.29 is 18.0 Å². The Kier molecular flexibility index (Phi) is 11.6. The summed E-state index contributed by atoms with van der Waals surface area (Å²) in [6.45, 7) is 7.67. The van der Waals surface area contributed by atoms with Gasteiger partial charge in [0.1, 0.15) is 12.6 Å². The third-order valence-corrected chi connectivity index (χ3v) is 9.28. The van der Waals surface area contributed by atoms with Crippen LogP contribution in [0, 0.1) is 0 Å². The van der Waals surface area contributed by atoms with Crippen LogP contribution in [0.1, 0.15) is 57.6 Å². The first kappa shape index (κ1) is 32.4. The number of rotatable bonds is 13. The monoisotopic (exact) mass is 617 g/mol. The number of halogens is 2. The van der Waals surface area contributed by atoms with Crippen molar-refractivity contribution in [1.29, 1.82) is 0 Å². The van der Waals surface area contributed by atoms with E-state index < -0.39 is 28.5 Å². The molecule has 0 aliphatic rings. The summed E-state index contributed by atoms with van der Waals surface area (Å²) in [7, 11) is -4.14. The Morgan fingerprint density at radius 2 is 1.49 bits per heavy atom. The van der Waals surface area contributed by atoms with Gasteiger partial charge in [0.25, 0.3) is 10.0 Å². The molecule has 7 nitrogen and oxygen atoms in total. The summed E-state index contributed by atoms with van der Waals surface area (Å²) in [5.41, 5.74) is 1.85. The maximum atomic E-state index is 14.1. The molecular formula is C31H37Cl2N3O4S. The lowest BCUT2D eigenvalue weighted by Gasteiger charge is -2.33. The molecule has 0 aliphatic carbocycles. The predicted octanol–water partition coefficient (Wildman–Crippen LogP) is 6.65. The molecule has 0 saturated heterocycles. The zero-order valence-corrected chi connectivity index (χ0v) is 26.1. The van der Waals surface area contributed by atoms with Gasteiger partial charge < -0.3 is 10.2 Å². The minimum Gasteiger partial charge on any atom is -0.354 e. The van der Waals surface area contributed by atoms with Crippen LogP contribution < -0.4 is 9.62 Å². The van der Waals surface area contributed by atoms with Gasteiger partial charge >= 0.3 is 0 Å². The lowest BCUT2D eigenvalue weighted by molar-refractivity contribution is -0.140. The number of nitrogens with one attached hydrogen (secondary N) is 1. The fourth-order valence-corrected chi connectivity index (χ4v) is 6.37. The number of amides is 2. The smallest absolute Gasteiger partial charge is 0.264 e. The van der Waals surface area contributed by atoms with E-state index in [1.807, 2.05) is 32.9 Å². The lowest BCUT2D eigenvalue weighted by Crippen LogP contribution is -2.52. The molecule has 0 bridgehead atoms. The van der Waals surface area contributed by atoms with Gasteiger partial charge in [0.15, 0.2) is 0 Å². The number of anilines is 1. The Labute approximate surface area is 253 Å². The third-order valence-electron chi connectivity index (χ3n) is 6.78. The average Bonchev–Trinajstić information content (AvgIpc) is 2.96. The van der Waals surface area contributed by atoms with Crippen LogP contribution in [0.25, 0.3) is 0 Å². The molecule has 3 aromatic rings. The van der Waals surface area contributed by atoms with Crippen molar-refractivity contribution >= 4 is 50.7 Å². The molecule has 1 N–H and O–H groups in total. The van der Waals surface area contributed by atoms with E-state index >= 15 is 0 Å². The van der Waals surface area contributed by atoms with E-state index in [1.165, 1.54) is 17.0 Å². The summed E-state index contributed by atoms with van der Waals surface area (Å²) < 4.78 is 28.9. The molecular weight excluding hydrogens is 581 g/mol. The molecule has 0 radical (unpaired) electrons. The van der Waals surface area contributed by atoms with Crippen LogP contribution in [0.3, 0.4) is 0 Å². The van der Waals surface area contributed by atoms with Gasteiger partial charge in [-0.05, 0) is 60.7 Å². The normalized spacial score (nSPS) is 12.2. The van der Waals surface area contributed by atoms with Crippen molar-refractivity contribution in [2.45, 2.75) is 63.9 Å². The Balaban J connectivity index is 2.09.